The Labute approximate surface area is 201 Å². The second-order valence-corrected chi connectivity index (χ2v) is 10.7. The largest absolute Gasteiger partial charge is 0.303 e. The average Bonchev–Trinajstić information content (AvgIpc) is 2.82. The Balaban J connectivity index is 1.70. The van der Waals surface area contributed by atoms with Crippen LogP contribution in [0.5, 0.6) is 0 Å². The van der Waals surface area contributed by atoms with E-state index < -0.39 is 0 Å². The number of carbonyl (C=O) groups excluding carboxylic acids is 2. The summed E-state index contributed by atoms with van der Waals surface area (Å²) in [5.74, 6) is 1.49. The fraction of sp³-hybridized carbons (Fsp3) is 0.933. The van der Waals surface area contributed by atoms with E-state index in [0.717, 1.165) is 50.7 Å². The van der Waals surface area contributed by atoms with Crippen LogP contribution in [0.2, 0.25) is 0 Å². The van der Waals surface area contributed by atoms with Crippen LogP contribution in [0.3, 0.4) is 0 Å². The van der Waals surface area contributed by atoms with Gasteiger partial charge in [0.05, 0.1) is 0 Å². The summed E-state index contributed by atoms with van der Waals surface area (Å²) in [6.45, 7) is 0. The minimum absolute atomic E-state index is 0.520. The summed E-state index contributed by atoms with van der Waals surface area (Å²) in [6.07, 6.45) is 35.7. The highest BCUT2D eigenvalue weighted by atomic mass is 16.1. The van der Waals surface area contributed by atoms with Gasteiger partial charge in [-0.3, -0.25) is 4.79 Å². The molecule has 0 aromatic carbocycles. The normalized spacial score (nSPS) is 14.6. The molecule has 188 valence electrons. The van der Waals surface area contributed by atoms with Gasteiger partial charge in [0.15, 0.2) is 0 Å². The van der Waals surface area contributed by atoms with Gasteiger partial charge in [-0.05, 0) is 25.2 Å². The second-order valence-electron chi connectivity index (χ2n) is 10.7. The maximum Gasteiger partial charge on any atom is 0.132 e. The van der Waals surface area contributed by atoms with Crippen molar-refractivity contribution in [2.24, 2.45) is 5.92 Å². The minimum atomic E-state index is 0.520. The molecule has 0 N–H and O–H groups in total. The van der Waals surface area contributed by atoms with E-state index in [2.05, 4.69) is 0 Å². The topological polar surface area (TPSA) is 34.1 Å². The molecule has 0 saturated heterocycles. The van der Waals surface area contributed by atoms with E-state index in [0.29, 0.717) is 5.78 Å². The summed E-state index contributed by atoms with van der Waals surface area (Å²) in [5.41, 5.74) is 0. The molecule has 32 heavy (non-hydrogen) atoms. The molecule has 0 radical (unpaired) electrons. The van der Waals surface area contributed by atoms with Gasteiger partial charge in [-0.2, -0.15) is 0 Å². The number of rotatable bonds is 24. The zero-order chi connectivity index (χ0) is 23.0. The fourth-order valence-electron chi connectivity index (χ4n) is 5.38. The summed E-state index contributed by atoms with van der Waals surface area (Å²) >= 11 is 0. The lowest BCUT2D eigenvalue weighted by atomic mass is 9.85. The van der Waals surface area contributed by atoms with Gasteiger partial charge in [-0.15, -0.1) is 0 Å². The highest BCUT2D eigenvalue weighted by Crippen LogP contribution is 2.28. The van der Waals surface area contributed by atoms with Crippen LogP contribution >= 0.6 is 0 Å². The first-order valence-corrected chi connectivity index (χ1v) is 14.8. The molecule has 0 aromatic rings. The van der Waals surface area contributed by atoms with Crippen LogP contribution in [0.25, 0.3) is 0 Å². The van der Waals surface area contributed by atoms with Crippen LogP contribution in [0.1, 0.15) is 173 Å². The van der Waals surface area contributed by atoms with E-state index in [4.69, 9.17) is 0 Å². The molecule has 1 saturated carbocycles. The maximum atomic E-state index is 12.1. The summed E-state index contributed by atoms with van der Waals surface area (Å²) in [6, 6.07) is 0. The Hall–Kier alpha value is -0.660. The van der Waals surface area contributed by atoms with Gasteiger partial charge < -0.3 is 4.79 Å². The molecule has 2 nitrogen and oxygen atoms in total. The summed E-state index contributed by atoms with van der Waals surface area (Å²) < 4.78 is 0. The minimum Gasteiger partial charge on any atom is -0.303 e. The van der Waals surface area contributed by atoms with E-state index in [1.54, 1.807) is 0 Å². The molecule has 2 heteroatoms. The lowest BCUT2D eigenvalue weighted by molar-refractivity contribution is -0.119. The van der Waals surface area contributed by atoms with Gasteiger partial charge in [-0.25, -0.2) is 0 Å². The molecule has 0 unspecified atom stereocenters. The van der Waals surface area contributed by atoms with E-state index in [9.17, 15) is 9.59 Å². The van der Waals surface area contributed by atoms with Crippen LogP contribution in [0.4, 0.5) is 0 Å². The predicted octanol–water partition coefficient (Wildman–Crippen LogP) is 9.92. The third-order valence-corrected chi connectivity index (χ3v) is 7.57. The number of carbonyl (C=O) groups is 2. The number of aldehydes is 1. The zero-order valence-electron chi connectivity index (χ0n) is 21.6. The highest BCUT2D eigenvalue weighted by Gasteiger charge is 2.12. The molecule has 0 spiro atoms. The fourth-order valence-corrected chi connectivity index (χ4v) is 5.38. The van der Waals surface area contributed by atoms with Gasteiger partial charge in [0.1, 0.15) is 12.1 Å². The Bertz CT molecular complexity index is 411. The first-order valence-electron chi connectivity index (χ1n) is 14.8. The van der Waals surface area contributed by atoms with Crippen LogP contribution < -0.4 is 0 Å². The third-order valence-electron chi connectivity index (χ3n) is 7.57. The van der Waals surface area contributed by atoms with Crippen molar-refractivity contribution in [1.29, 1.82) is 0 Å². The van der Waals surface area contributed by atoms with Crippen molar-refractivity contribution in [2.75, 3.05) is 0 Å². The molecule has 0 bridgehead atoms. The van der Waals surface area contributed by atoms with Gasteiger partial charge in [0.2, 0.25) is 0 Å². The molecular weight excluding hydrogens is 392 g/mol. The standard InChI is InChI=1S/C30H56O2/c31-28-22-15-13-11-9-7-5-3-1-2-4-6-8-10-12-14-19-26-30(32)27-21-20-25-29-23-17-16-18-24-29/h28-29H,1-27H2. The average molecular weight is 449 g/mol. The first kappa shape index (κ1) is 29.4. The number of hydrogen-bond acceptors (Lipinski definition) is 2. The van der Waals surface area contributed by atoms with Gasteiger partial charge in [0, 0.05) is 19.3 Å². The van der Waals surface area contributed by atoms with Crippen LogP contribution in [-0.4, -0.2) is 12.1 Å². The van der Waals surface area contributed by atoms with Crippen LogP contribution in [-0.2, 0) is 9.59 Å². The lowest BCUT2D eigenvalue weighted by Gasteiger charge is -2.21. The van der Waals surface area contributed by atoms with Crippen molar-refractivity contribution in [3.63, 3.8) is 0 Å². The number of Topliss-reactive ketones (excluding diaryl/α,β-unsaturated/α-hetero) is 1. The molecule has 0 heterocycles. The molecule has 0 aliphatic heterocycles. The SMILES string of the molecule is O=CCCCCCCCCCCCCCCCCCCC(=O)CCCCC1CCCCC1. The summed E-state index contributed by atoms with van der Waals surface area (Å²) in [4.78, 5) is 22.3. The monoisotopic (exact) mass is 448 g/mol. The summed E-state index contributed by atoms with van der Waals surface area (Å²) in [5, 5.41) is 0. The molecular formula is C30H56O2. The number of unbranched alkanes of at least 4 members (excludes halogenated alkanes) is 17. The van der Waals surface area contributed by atoms with Crippen molar-refractivity contribution in [2.45, 2.75) is 173 Å². The maximum absolute atomic E-state index is 12.1. The van der Waals surface area contributed by atoms with Gasteiger partial charge >= 0.3 is 0 Å². The quantitative estimate of drug-likeness (QED) is 0.109. The van der Waals surface area contributed by atoms with Gasteiger partial charge in [-0.1, -0.05) is 135 Å². The van der Waals surface area contributed by atoms with Crippen molar-refractivity contribution < 1.29 is 9.59 Å². The second kappa shape index (κ2) is 23.5. The molecule has 1 aliphatic carbocycles. The lowest BCUT2D eigenvalue weighted by Crippen LogP contribution is -2.06. The van der Waals surface area contributed by atoms with E-state index >= 15 is 0 Å². The molecule has 1 aliphatic rings. The Morgan fingerprint density at radius 3 is 1.41 bits per heavy atom. The molecule has 1 fully saturated rings. The van der Waals surface area contributed by atoms with E-state index in [-0.39, 0.29) is 0 Å². The van der Waals surface area contributed by atoms with Crippen molar-refractivity contribution in [3.05, 3.63) is 0 Å². The van der Waals surface area contributed by atoms with Crippen molar-refractivity contribution in [3.8, 4) is 0 Å². The Kier molecular flexibility index (Phi) is 21.6. The van der Waals surface area contributed by atoms with E-state index in [1.807, 2.05) is 0 Å². The third kappa shape index (κ3) is 20.0. The van der Waals surface area contributed by atoms with E-state index in [1.165, 1.54) is 135 Å². The number of ketones is 1. The summed E-state index contributed by atoms with van der Waals surface area (Å²) in [7, 11) is 0. The molecule has 0 aromatic heterocycles. The highest BCUT2D eigenvalue weighted by molar-refractivity contribution is 5.78. The Morgan fingerprint density at radius 2 is 0.938 bits per heavy atom. The van der Waals surface area contributed by atoms with Gasteiger partial charge in [0.25, 0.3) is 0 Å². The molecule has 0 atom stereocenters. The predicted molar refractivity (Wildman–Crippen MR) is 139 cm³/mol. The Morgan fingerprint density at radius 1 is 0.531 bits per heavy atom. The van der Waals surface area contributed by atoms with Crippen LogP contribution in [0, 0.1) is 5.92 Å². The van der Waals surface area contributed by atoms with Crippen molar-refractivity contribution >= 4 is 12.1 Å². The molecule has 0 amide bonds. The smallest absolute Gasteiger partial charge is 0.132 e. The molecule has 1 rings (SSSR count). The van der Waals surface area contributed by atoms with Crippen LogP contribution in [0.15, 0.2) is 0 Å². The zero-order valence-corrected chi connectivity index (χ0v) is 21.6. The number of hydrogen-bond donors (Lipinski definition) is 0. The van der Waals surface area contributed by atoms with Crippen molar-refractivity contribution in [1.82, 2.24) is 0 Å². The first-order chi connectivity index (χ1) is 15.8.